The molecule has 1 aromatic heterocycles. The number of aromatic nitrogens is 2. The number of thioether (sulfide) groups is 1. The highest BCUT2D eigenvalue weighted by Gasteiger charge is 2.09. The summed E-state index contributed by atoms with van der Waals surface area (Å²) in [6.45, 7) is 1.93. The molecule has 0 saturated heterocycles. The van der Waals surface area contributed by atoms with E-state index >= 15 is 0 Å². The van der Waals surface area contributed by atoms with E-state index in [1.54, 1.807) is 17.8 Å². The lowest BCUT2D eigenvalue weighted by atomic mass is 10.2. The lowest BCUT2D eigenvalue weighted by Crippen LogP contribution is -1.96. The van der Waals surface area contributed by atoms with Crippen molar-refractivity contribution < 1.29 is 4.39 Å². The van der Waals surface area contributed by atoms with Gasteiger partial charge < -0.3 is 0 Å². The van der Waals surface area contributed by atoms with Crippen molar-refractivity contribution in [1.29, 1.82) is 0 Å². The van der Waals surface area contributed by atoms with Gasteiger partial charge in [0.25, 0.3) is 0 Å². The predicted molar refractivity (Wildman–Crippen MR) is 77.5 cm³/mol. The zero-order valence-corrected chi connectivity index (χ0v) is 11.5. The molecule has 1 heterocycles. The quantitative estimate of drug-likeness (QED) is 0.651. The summed E-state index contributed by atoms with van der Waals surface area (Å²) < 4.78 is 15.4. The highest BCUT2D eigenvalue weighted by atomic mass is 32.2. The number of imidazole rings is 1. The van der Waals surface area contributed by atoms with Crippen molar-refractivity contribution in [2.24, 2.45) is 0 Å². The van der Waals surface area contributed by atoms with E-state index in [0.717, 1.165) is 22.5 Å². The monoisotopic (exact) mass is 272 g/mol. The molecule has 0 aliphatic rings. The summed E-state index contributed by atoms with van der Waals surface area (Å²) in [5, 5.41) is 0. The molecule has 0 fully saturated rings. The lowest BCUT2D eigenvalue weighted by molar-refractivity contribution is 0.629. The Kier molecular flexibility index (Phi) is 3.03. The predicted octanol–water partition coefficient (Wildman–Crippen LogP) is 4.19. The first-order chi connectivity index (χ1) is 9.19. The first-order valence-electron chi connectivity index (χ1n) is 5.98. The van der Waals surface area contributed by atoms with Crippen molar-refractivity contribution >= 4 is 22.8 Å². The number of rotatable bonds is 2. The van der Waals surface area contributed by atoms with Crippen LogP contribution in [0.4, 0.5) is 4.39 Å². The fraction of sp³-hybridized carbons (Fsp3) is 0.133. The third kappa shape index (κ3) is 2.12. The Labute approximate surface area is 115 Å². The molecule has 2 nitrogen and oxygen atoms in total. The standard InChI is InChI=1S/C15H13FN2S/c1-10-17-14-8-3-11(16)9-15(14)18(10)12-4-6-13(19-2)7-5-12/h3-9H,1-2H3. The summed E-state index contributed by atoms with van der Waals surface area (Å²) in [5.41, 5.74) is 2.62. The van der Waals surface area contributed by atoms with E-state index in [-0.39, 0.29) is 5.82 Å². The van der Waals surface area contributed by atoms with E-state index < -0.39 is 0 Å². The van der Waals surface area contributed by atoms with Crippen LogP contribution in [0.2, 0.25) is 0 Å². The second-order valence-corrected chi connectivity index (χ2v) is 5.21. The maximum absolute atomic E-state index is 13.4. The SMILES string of the molecule is CSc1ccc(-n2c(C)nc3ccc(F)cc32)cc1. The van der Waals surface area contributed by atoms with Crippen LogP contribution in [0.3, 0.4) is 0 Å². The van der Waals surface area contributed by atoms with Crippen LogP contribution in [-0.4, -0.2) is 15.8 Å². The molecule has 4 heteroatoms. The van der Waals surface area contributed by atoms with Crippen molar-refractivity contribution in [2.75, 3.05) is 6.26 Å². The summed E-state index contributed by atoms with van der Waals surface area (Å²) in [7, 11) is 0. The van der Waals surface area contributed by atoms with Crippen molar-refractivity contribution in [1.82, 2.24) is 9.55 Å². The van der Waals surface area contributed by atoms with Crippen molar-refractivity contribution in [3.63, 3.8) is 0 Å². The number of nitrogens with zero attached hydrogens (tertiary/aromatic N) is 2. The fourth-order valence-corrected chi connectivity index (χ4v) is 2.63. The fourth-order valence-electron chi connectivity index (χ4n) is 2.23. The number of hydrogen-bond donors (Lipinski definition) is 0. The summed E-state index contributed by atoms with van der Waals surface area (Å²) in [6.07, 6.45) is 2.04. The summed E-state index contributed by atoms with van der Waals surface area (Å²) >= 11 is 1.70. The molecule has 19 heavy (non-hydrogen) atoms. The van der Waals surface area contributed by atoms with Crippen LogP contribution in [0.15, 0.2) is 47.4 Å². The van der Waals surface area contributed by atoms with Gasteiger partial charge in [0.1, 0.15) is 11.6 Å². The largest absolute Gasteiger partial charge is 0.296 e. The van der Waals surface area contributed by atoms with Gasteiger partial charge >= 0.3 is 0 Å². The van der Waals surface area contributed by atoms with Gasteiger partial charge in [-0.1, -0.05) is 0 Å². The van der Waals surface area contributed by atoms with Crippen LogP contribution in [0.1, 0.15) is 5.82 Å². The smallest absolute Gasteiger partial charge is 0.125 e. The van der Waals surface area contributed by atoms with Crippen LogP contribution < -0.4 is 0 Å². The second kappa shape index (κ2) is 4.70. The van der Waals surface area contributed by atoms with Gasteiger partial charge in [-0.05, 0) is 49.6 Å². The molecule has 0 unspecified atom stereocenters. The second-order valence-electron chi connectivity index (χ2n) is 4.33. The number of hydrogen-bond acceptors (Lipinski definition) is 2. The van der Waals surface area contributed by atoms with Crippen LogP contribution in [-0.2, 0) is 0 Å². The molecular formula is C15H13FN2S. The van der Waals surface area contributed by atoms with E-state index in [0.29, 0.717) is 0 Å². The van der Waals surface area contributed by atoms with Gasteiger partial charge in [0.15, 0.2) is 0 Å². The van der Waals surface area contributed by atoms with Gasteiger partial charge in [0.05, 0.1) is 11.0 Å². The van der Waals surface area contributed by atoms with Gasteiger partial charge in [0, 0.05) is 16.6 Å². The number of aryl methyl sites for hydroxylation is 1. The minimum atomic E-state index is -0.241. The van der Waals surface area contributed by atoms with Gasteiger partial charge in [-0.15, -0.1) is 11.8 Å². The van der Waals surface area contributed by atoms with Crippen LogP contribution in [0.25, 0.3) is 16.7 Å². The topological polar surface area (TPSA) is 17.8 Å². The van der Waals surface area contributed by atoms with E-state index in [2.05, 4.69) is 17.1 Å². The van der Waals surface area contributed by atoms with Gasteiger partial charge in [-0.3, -0.25) is 4.57 Å². The Bertz CT molecular complexity index is 732. The van der Waals surface area contributed by atoms with Gasteiger partial charge in [-0.2, -0.15) is 0 Å². The first-order valence-corrected chi connectivity index (χ1v) is 7.20. The van der Waals surface area contributed by atoms with Gasteiger partial charge in [-0.25, -0.2) is 9.37 Å². The third-order valence-corrected chi connectivity index (χ3v) is 3.86. The Balaban J connectivity index is 2.22. The zero-order valence-electron chi connectivity index (χ0n) is 10.7. The lowest BCUT2D eigenvalue weighted by Gasteiger charge is -2.07. The number of fused-ring (bicyclic) bond motifs is 1. The summed E-state index contributed by atoms with van der Waals surface area (Å²) in [6, 6.07) is 12.9. The first kappa shape index (κ1) is 12.2. The maximum atomic E-state index is 13.4. The third-order valence-electron chi connectivity index (χ3n) is 3.11. The minimum Gasteiger partial charge on any atom is -0.296 e. The molecule has 96 valence electrons. The summed E-state index contributed by atoms with van der Waals surface area (Å²) in [4.78, 5) is 5.67. The van der Waals surface area contributed by atoms with E-state index in [1.807, 2.05) is 29.9 Å². The molecule has 0 bridgehead atoms. The van der Waals surface area contributed by atoms with Crippen LogP contribution in [0, 0.1) is 12.7 Å². The molecule has 0 saturated carbocycles. The van der Waals surface area contributed by atoms with Crippen LogP contribution in [0.5, 0.6) is 0 Å². The number of benzene rings is 2. The molecule has 2 aromatic carbocycles. The number of halogens is 1. The molecule has 3 aromatic rings. The Hall–Kier alpha value is -1.81. The molecule has 0 spiro atoms. The van der Waals surface area contributed by atoms with E-state index in [4.69, 9.17) is 0 Å². The zero-order chi connectivity index (χ0) is 13.4. The van der Waals surface area contributed by atoms with Crippen molar-refractivity contribution in [3.8, 4) is 5.69 Å². The van der Waals surface area contributed by atoms with E-state index in [9.17, 15) is 4.39 Å². The molecule has 0 aliphatic carbocycles. The Morgan fingerprint density at radius 2 is 1.84 bits per heavy atom. The molecule has 0 atom stereocenters. The molecule has 0 N–H and O–H groups in total. The average Bonchev–Trinajstić information content (AvgIpc) is 2.74. The Morgan fingerprint density at radius 1 is 1.11 bits per heavy atom. The molecule has 3 rings (SSSR count). The molecule has 0 aliphatic heterocycles. The molecule has 0 amide bonds. The molecule has 0 radical (unpaired) electrons. The minimum absolute atomic E-state index is 0.241. The molecular weight excluding hydrogens is 259 g/mol. The maximum Gasteiger partial charge on any atom is 0.125 e. The normalized spacial score (nSPS) is 11.1. The highest BCUT2D eigenvalue weighted by molar-refractivity contribution is 7.98. The van der Waals surface area contributed by atoms with Gasteiger partial charge in [0.2, 0.25) is 0 Å². The highest BCUT2D eigenvalue weighted by Crippen LogP contribution is 2.24. The van der Waals surface area contributed by atoms with E-state index in [1.165, 1.54) is 17.0 Å². The average molecular weight is 272 g/mol. The van der Waals surface area contributed by atoms with Crippen molar-refractivity contribution in [3.05, 3.63) is 54.1 Å². The summed E-state index contributed by atoms with van der Waals surface area (Å²) in [5.74, 6) is 0.617. The Morgan fingerprint density at radius 3 is 2.53 bits per heavy atom. The van der Waals surface area contributed by atoms with Crippen LogP contribution >= 0.6 is 11.8 Å². The van der Waals surface area contributed by atoms with Crippen molar-refractivity contribution in [2.45, 2.75) is 11.8 Å².